The van der Waals surface area contributed by atoms with Crippen LogP contribution in [-0.2, 0) is 4.74 Å². The zero-order valence-corrected chi connectivity index (χ0v) is 10.7. The van der Waals surface area contributed by atoms with E-state index in [2.05, 4.69) is 30.3 Å². The molecule has 17 heavy (non-hydrogen) atoms. The number of nitrogens with zero attached hydrogens (tertiary/aromatic N) is 1. The van der Waals surface area contributed by atoms with Crippen molar-refractivity contribution in [2.75, 3.05) is 32.8 Å². The molecule has 0 radical (unpaired) electrons. The molecule has 0 spiro atoms. The maximum Gasteiger partial charge on any atom is 0.0642 e. The van der Waals surface area contributed by atoms with Crippen LogP contribution in [0.3, 0.4) is 0 Å². The highest BCUT2D eigenvalue weighted by Crippen LogP contribution is 2.26. The molecule has 0 aromatic heterocycles. The van der Waals surface area contributed by atoms with E-state index in [9.17, 15) is 0 Å². The summed E-state index contributed by atoms with van der Waals surface area (Å²) < 4.78 is 5.38. The van der Waals surface area contributed by atoms with Gasteiger partial charge in [0.2, 0.25) is 0 Å². The van der Waals surface area contributed by atoms with Crippen molar-refractivity contribution in [1.82, 2.24) is 10.2 Å². The van der Waals surface area contributed by atoms with E-state index in [-0.39, 0.29) is 0 Å². The lowest BCUT2D eigenvalue weighted by atomic mass is 9.92. The summed E-state index contributed by atoms with van der Waals surface area (Å²) in [6, 6.07) is 0.368. The molecule has 1 atom stereocenters. The molecule has 0 aromatic rings. The summed E-state index contributed by atoms with van der Waals surface area (Å²) >= 11 is 0. The van der Waals surface area contributed by atoms with Crippen molar-refractivity contribution >= 4 is 0 Å². The van der Waals surface area contributed by atoms with Gasteiger partial charge in [0, 0.05) is 24.8 Å². The fraction of sp³-hybridized carbons (Fsp3) is 0.571. The molecule has 2 aliphatic rings. The first kappa shape index (κ1) is 12.4. The summed E-state index contributed by atoms with van der Waals surface area (Å²) in [5, 5.41) is 3.49. The Hall–Kier alpha value is -1.06. The first-order valence-corrected chi connectivity index (χ1v) is 6.35. The standard InChI is InChI=1S/C14H22N2O/c1-4-13-5-6-15-11(2)14(13)12(3)16-7-9-17-10-8-16/h4,11,15H,1,3,5-10H2,2H3. The van der Waals surface area contributed by atoms with E-state index in [0.29, 0.717) is 6.04 Å². The van der Waals surface area contributed by atoms with Crippen molar-refractivity contribution in [2.45, 2.75) is 19.4 Å². The highest BCUT2D eigenvalue weighted by molar-refractivity contribution is 5.42. The number of rotatable bonds is 3. The molecule has 2 heterocycles. The van der Waals surface area contributed by atoms with E-state index < -0.39 is 0 Å². The highest BCUT2D eigenvalue weighted by atomic mass is 16.5. The lowest BCUT2D eigenvalue weighted by molar-refractivity contribution is 0.0544. The molecule has 0 aliphatic carbocycles. The van der Waals surface area contributed by atoms with Gasteiger partial charge in [0.25, 0.3) is 0 Å². The molecule has 0 bridgehead atoms. The van der Waals surface area contributed by atoms with Gasteiger partial charge in [0.15, 0.2) is 0 Å². The van der Waals surface area contributed by atoms with E-state index in [1.165, 1.54) is 11.1 Å². The minimum absolute atomic E-state index is 0.368. The molecule has 2 aliphatic heterocycles. The van der Waals surface area contributed by atoms with Crippen LogP contribution in [0.4, 0.5) is 0 Å². The van der Waals surface area contributed by atoms with Crippen LogP contribution >= 0.6 is 0 Å². The van der Waals surface area contributed by atoms with Crippen LogP contribution in [-0.4, -0.2) is 43.8 Å². The molecule has 3 nitrogen and oxygen atoms in total. The molecule has 1 N–H and O–H groups in total. The number of hydrogen-bond acceptors (Lipinski definition) is 3. The molecular weight excluding hydrogens is 212 g/mol. The molecule has 0 amide bonds. The first-order chi connectivity index (χ1) is 8.24. The molecular formula is C14H22N2O. The Bertz CT molecular complexity index is 340. The van der Waals surface area contributed by atoms with Crippen LogP contribution < -0.4 is 5.32 Å². The van der Waals surface area contributed by atoms with Gasteiger partial charge in [-0.15, -0.1) is 0 Å². The largest absolute Gasteiger partial charge is 0.378 e. The number of allylic oxidation sites excluding steroid dienone is 1. The normalized spacial score (nSPS) is 25.9. The van der Waals surface area contributed by atoms with Crippen molar-refractivity contribution in [3.8, 4) is 0 Å². The molecule has 2 rings (SSSR count). The van der Waals surface area contributed by atoms with Crippen LogP contribution in [0.25, 0.3) is 0 Å². The van der Waals surface area contributed by atoms with Crippen LogP contribution in [0.2, 0.25) is 0 Å². The smallest absolute Gasteiger partial charge is 0.0642 e. The van der Waals surface area contributed by atoms with Gasteiger partial charge in [0.05, 0.1) is 13.2 Å². The number of ether oxygens (including phenoxy) is 1. The van der Waals surface area contributed by atoms with Gasteiger partial charge in [-0.2, -0.15) is 0 Å². The van der Waals surface area contributed by atoms with E-state index in [1.54, 1.807) is 0 Å². The van der Waals surface area contributed by atoms with Crippen molar-refractivity contribution < 1.29 is 4.74 Å². The topological polar surface area (TPSA) is 24.5 Å². The highest BCUT2D eigenvalue weighted by Gasteiger charge is 2.23. The average molecular weight is 234 g/mol. The van der Waals surface area contributed by atoms with Crippen molar-refractivity contribution in [3.05, 3.63) is 36.1 Å². The van der Waals surface area contributed by atoms with Crippen molar-refractivity contribution in [3.63, 3.8) is 0 Å². The van der Waals surface area contributed by atoms with Crippen LogP contribution in [0.5, 0.6) is 0 Å². The Morgan fingerprint density at radius 1 is 1.47 bits per heavy atom. The maximum atomic E-state index is 5.38. The minimum atomic E-state index is 0.368. The zero-order valence-electron chi connectivity index (χ0n) is 10.7. The van der Waals surface area contributed by atoms with Gasteiger partial charge in [-0.05, 0) is 31.0 Å². The lowest BCUT2D eigenvalue weighted by Crippen LogP contribution is -2.41. The molecule has 3 heteroatoms. The molecule has 94 valence electrons. The van der Waals surface area contributed by atoms with E-state index in [0.717, 1.165) is 45.0 Å². The summed E-state index contributed by atoms with van der Waals surface area (Å²) in [7, 11) is 0. The fourth-order valence-electron chi connectivity index (χ4n) is 2.59. The Balaban J connectivity index is 2.20. The number of morpholine rings is 1. The quantitative estimate of drug-likeness (QED) is 0.804. The van der Waals surface area contributed by atoms with Crippen LogP contribution in [0.1, 0.15) is 13.3 Å². The van der Waals surface area contributed by atoms with Crippen LogP contribution in [0, 0.1) is 0 Å². The summed E-state index contributed by atoms with van der Waals surface area (Å²) in [5.74, 6) is 0. The molecule has 0 saturated carbocycles. The summed E-state index contributed by atoms with van der Waals surface area (Å²) in [6.07, 6.45) is 3.03. The maximum absolute atomic E-state index is 5.38. The molecule has 1 fully saturated rings. The SMILES string of the molecule is C=CC1=C(C(=C)N2CCOCC2)C(C)NCC1. The average Bonchev–Trinajstić information content (AvgIpc) is 2.38. The Kier molecular flexibility index (Phi) is 4.02. The summed E-state index contributed by atoms with van der Waals surface area (Å²) in [6.45, 7) is 14.9. The first-order valence-electron chi connectivity index (χ1n) is 6.35. The second-order valence-electron chi connectivity index (χ2n) is 4.61. The zero-order chi connectivity index (χ0) is 12.3. The van der Waals surface area contributed by atoms with Crippen molar-refractivity contribution in [1.29, 1.82) is 0 Å². The third kappa shape index (κ3) is 2.61. The molecule has 1 saturated heterocycles. The minimum Gasteiger partial charge on any atom is -0.378 e. The van der Waals surface area contributed by atoms with Gasteiger partial charge < -0.3 is 15.0 Å². The Morgan fingerprint density at radius 2 is 2.18 bits per heavy atom. The Labute approximate surface area is 104 Å². The predicted octanol–water partition coefficient (Wildman–Crippen LogP) is 1.70. The monoisotopic (exact) mass is 234 g/mol. The van der Waals surface area contributed by atoms with Crippen LogP contribution in [0.15, 0.2) is 36.1 Å². The van der Waals surface area contributed by atoms with Gasteiger partial charge in [-0.25, -0.2) is 0 Å². The van der Waals surface area contributed by atoms with Gasteiger partial charge in [-0.3, -0.25) is 0 Å². The van der Waals surface area contributed by atoms with E-state index >= 15 is 0 Å². The second-order valence-corrected chi connectivity index (χ2v) is 4.61. The Morgan fingerprint density at radius 3 is 2.82 bits per heavy atom. The number of nitrogens with one attached hydrogen (secondary N) is 1. The van der Waals surface area contributed by atoms with Gasteiger partial charge >= 0.3 is 0 Å². The fourth-order valence-corrected chi connectivity index (χ4v) is 2.59. The lowest BCUT2D eigenvalue weighted by Gasteiger charge is -2.36. The number of hydrogen-bond donors (Lipinski definition) is 1. The molecule has 0 aromatic carbocycles. The summed E-state index contributed by atoms with van der Waals surface area (Å²) in [5.41, 5.74) is 3.81. The van der Waals surface area contributed by atoms with Gasteiger partial charge in [-0.1, -0.05) is 19.2 Å². The molecule has 1 unspecified atom stereocenters. The van der Waals surface area contributed by atoms with Gasteiger partial charge in [0.1, 0.15) is 0 Å². The third-order valence-corrected chi connectivity index (χ3v) is 3.57. The summed E-state index contributed by atoms with van der Waals surface area (Å²) in [4.78, 5) is 2.33. The second kappa shape index (κ2) is 5.52. The predicted molar refractivity (Wildman–Crippen MR) is 70.8 cm³/mol. The van der Waals surface area contributed by atoms with E-state index in [1.807, 2.05) is 6.08 Å². The third-order valence-electron chi connectivity index (χ3n) is 3.57. The van der Waals surface area contributed by atoms with E-state index in [4.69, 9.17) is 4.74 Å². The van der Waals surface area contributed by atoms with Crippen molar-refractivity contribution in [2.24, 2.45) is 0 Å².